The number of amides is 1. The Kier molecular flexibility index (Phi) is 7.18. The van der Waals surface area contributed by atoms with Crippen molar-refractivity contribution < 1.29 is 13.9 Å². The fourth-order valence-electron chi connectivity index (χ4n) is 5.05. The molecule has 1 aliphatic heterocycles. The number of hydrogen-bond donors (Lipinski definition) is 3. The molecule has 0 unspecified atom stereocenters. The molecule has 2 aliphatic rings. The number of aromatic nitrogens is 4. The topological polar surface area (TPSA) is 120 Å². The van der Waals surface area contributed by atoms with Gasteiger partial charge in [0.15, 0.2) is 5.65 Å². The lowest BCUT2D eigenvalue weighted by Crippen LogP contribution is -2.36. The summed E-state index contributed by atoms with van der Waals surface area (Å²) in [5.74, 6) is 0.177. The van der Waals surface area contributed by atoms with Crippen LogP contribution in [0.2, 0.25) is 10.0 Å². The number of nitrogens with one attached hydrogen (secondary N) is 2. The number of rotatable bonds is 6. The van der Waals surface area contributed by atoms with Crippen LogP contribution >= 0.6 is 23.2 Å². The number of fused-ring (bicyclic) bond motifs is 1. The van der Waals surface area contributed by atoms with Gasteiger partial charge in [0.2, 0.25) is 17.8 Å². The number of anilines is 3. The van der Waals surface area contributed by atoms with Gasteiger partial charge in [0.25, 0.3) is 0 Å². The molecule has 1 aromatic carbocycles. The van der Waals surface area contributed by atoms with Crippen LogP contribution in [0.4, 0.5) is 22.0 Å². The molecule has 3 heterocycles. The predicted octanol–water partition coefficient (Wildman–Crippen LogP) is 5.07. The minimum absolute atomic E-state index is 0.0213. The van der Waals surface area contributed by atoms with Crippen LogP contribution in [0.5, 0.6) is 0 Å². The highest BCUT2D eigenvalue weighted by Gasteiger charge is 2.30. The van der Waals surface area contributed by atoms with Crippen LogP contribution in [0.15, 0.2) is 18.3 Å². The molecular formula is C24H28Cl2FN7O2. The van der Waals surface area contributed by atoms with Gasteiger partial charge >= 0.3 is 0 Å². The smallest absolute Gasteiger partial charge is 0.224 e. The highest BCUT2D eigenvalue weighted by Crippen LogP contribution is 2.38. The first-order chi connectivity index (χ1) is 17.3. The molecule has 2 aromatic heterocycles. The number of nitrogens with two attached hydrogens (primary N) is 1. The maximum Gasteiger partial charge on any atom is 0.224 e. The molecule has 1 aliphatic carbocycles. The lowest BCUT2D eigenvalue weighted by molar-refractivity contribution is -0.122. The highest BCUT2D eigenvalue weighted by atomic mass is 35.5. The Labute approximate surface area is 217 Å². The molecule has 9 nitrogen and oxygen atoms in total. The van der Waals surface area contributed by atoms with Crippen molar-refractivity contribution in [2.24, 2.45) is 17.6 Å². The van der Waals surface area contributed by atoms with Crippen LogP contribution < -0.4 is 16.4 Å². The number of primary amides is 1. The molecule has 5 rings (SSSR count). The van der Waals surface area contributed by atoms with E-state index in [-0.39, 0.29) is 39.6 Å². The summed E-state index contributed by atoms with van der Waals surface area (Å²) in [7, 11) is 0. The summed E-state index contributed by atoms with van der Waals surface area (Å²) in [5, 5.41) is 6.83. The first-order valence-corrected chi connectivity index (χ1v) is 12.9. The summed E-state index contributed by atoms with van der Waals surface area (Å²) in [6.07, 6.45) is 5.24. The average Bonchev–Trinajstić information content (AvgIpc) is 3.20. The van der Waals surface area contributed by atoms with Crippen LogP contribution in [0.1, 0.15) is 45.1 Å². The van der Waals surface area contributed by atoms with E-state index in [0.29, 0.717) is 67.9 Å². The summed E-state index contributed by atoms with van der Waals surface area (Å²) in [4.78, 5) is 25.7. The number of hydrogen-bond acceptors (Lipinski definition) is 7. The van der Waals surface area contributed by atoms with Gasteiger partial charge in [-0.15, -0.1) is 0 Å². The molecule has 12 heteroatoms. The average molecular weight is 536 g/mol. The molecular weight excluding hydrogens is 508 g/mol. The fourth-order valence-corrected chi connectivity index (χ4v) is 5.56. The van der Waals surface area contributed by atoms with Crippen molar-refractivity contribution in [3.8, 4) is 0 Å². The molecule has 1 amide bonds. The Morgan fingerprint density at radius 1 is 1.19 bits per heavy atom. The minimum atomic E-state index is -0.592. The summed E-state index contributed by atoms with van der Waals surface area (Å²) >= 11 is 12.2. The first kappa shape index (κ1) is 25.0. The van der Waals surface area contributed by atoms with Crippen LogP contribution in [0, 0.1) is 17.7 Å². The third-order valence-corrected chi connectivity index (χ3v) is 7.61. The van der Waals surface area contributed by atoms with Crippen molar-refractivity contribution in [2.75, 3.05) is 23.8 Å². The van der Waals surface area contributed by atoms with Crippen LogP contribution in [0.3, 0.4) is 0 Å². The van der Waals surface area contributed by atoms with Crippen LogP contribution in [-0.4, -0.2) is 44.7 Å². The minimum Gasteiger partial charge on any atom is -0.381 e. The van der Waals surface area contributed by atoms with Crippen molar-refractivity contribution in [3.05, 3.63) is 34.2 Å². The van der Waals surface area contributed by atoms with Gasteiger partial charge in [-0.1, -0.05) is 30.1 Å². The zero-order valence-corrected chi connectivity index (χ0v) is 21.3. The molecule has 1 saturated heterocycles. The first-order valence-electron chi connectivity index (χ1n) is 12.1. The van der Waals surface area contributed by atoms with Crippen LogP contribution in [0.25, 0.3) is 11.2 Å². The van der Waals surface area contributed by atoms with E-state index in [1.54, 1.807) is 6.20 Å². The number of benzene rings is 1. The Bertz CT molecular complexity index is 1260. The van der Waals surface area contributed by atoms with E-state index in [2.05, 4.69) is 27.5 Å². The van der Waals surface area contributed by atoms with Gasteiger partial charge in [-0.3, -0.25) is 9.36 Å². The van der Waals surface area contributed by atoms with Crippen molar-refractivity contribution >= 4 is 57.9 Å². The van der Waals surface area contributed by atoms with E-state index in [4.69, 9.17) is 38.7 Å². The van der Waals surface area contributed by atoms with Crippen molar-refractivity contribution in [2.45, 2.75) is 51.1 Å². The molecule has 1 saturated carbocycles. The fraction of sp³-hybridized carbons (Fsp3) is 0.500. The largest absolute Gasteiger partial charge is 0.381 e. The standard InChI is InChI=1S/C24H28Cl2FN7O2/c1-12-11-36-7-6-18(12)30-23-29-10-19-22(33-23)34(15-4-2-13(3-5-15)21(28)35)24(31-19)32-20-16(26)8-14(25)9-17(20)27/h8-10,12-13,15,18H,2-7,11H2,1H3,(H2,28,35)(H,31,32)(H,29,30,33)/t12-,13?,15?,18+/m1/s1. The monoisotopic (exact) mass is 535 g/mol. The quantitative estimate of drug-likeness (QED) is 0.402. The van der Waals surface area contributed by atoms with E-state index in [1.807, 2.05) is 4.57 Å². The Morgan fingerprint density at radius 2 is 1.97 bits per heavy atom. The molecule has 0 spiro atoms. The number of halogens is 3. The number of ether oxygens (including phenoxy) is 1. The van der Waals surface area contributed by atoms with Crippen molar-refractivity contribution in [1.29, 1.82) is 0 Å². The number of carbonyl (C=O) groups excluding carboxylic acids is 1. The van der Waals surface area contributed by atoms with Gasteiger partial charge < -0.3 is 21.1 Å². The highest BCUT2D eigenvalue weighted by molar-refractivity contribution is 6.36. The number of imidazole rings is 1. The van der Waals surface area contributed by atoms with Gasteiger partial charge in [-0.05, 0) is 50.2 Å². The summed E-state index contributed by atoms with van der Waals surface area (Å²) in [5.41, 5.74) is 6.79. The summed E-state index contributed by atoms with van der Waals surface area (Å²) < 4.78 is 22.3. The van der Waals surface area contributed by atoms with E-state index < -0.39 is 5.82 Å². The molecule has 2 fully saturated rings. The second-order valence-corrected chi connectivity index (χ2v) is 10.4. The van der Waals surface area contributed by atoms with E-state index in [0.717, 1.165) is 6.42 Å². The van der Waals surface area contributed by atoms with Gasteiger partial charge in [-0.2, -0.15) is 4.98 Å². The third-order valence-electron chi connectivity index (χ3n) is 7.10. The Morgan fingerprint density at radius 3 is 2.67 bits per heavy atom. The second kappa shape index (κ2) is 10.4. The SMILES string of the molecule is C[C@@H]1COCC[C@@H]1Nc1ncc2nc(Nc3c(F)cc(Cl)cc3Cl)n(C3CCC(C(N)=O)CC3)c2n1. The van der Waals surface area contributed by atoms with E-state index in [1.165, 1.54) is 12.1 Å². The lowest BCUT2D eigenvalue weighted by atomic mass is 9.85. The van der Waals surface area contributed by atoms with Crippen molar-refractivity contribution in [3.63, 3.8) is 0 Å². The summed E-state index contributed by atoms with van der Waals surface area (Å²) in [6, 6.07) is 2.83. The van der Waals surface area contributed by atoms with Crippen molar-refractivity contribution in [1.82, 2.24) is 19.5 Å². The number of carbonyl (C=O) groups is 1. The van der Waals surface area contributed by atoms with Gasteiger partial charge in [0, 0.05) is 29.6 Å². The molecule has 3 aromatic rings. The maximum absolute atomic E-state index is 14.8. The second-order valence-electron chi connectivity index (χ2n) is 9.58. The summed E-state index contributed by atoms with van der Waals surface area (Å²) in [6.45, 7) is 3.50. The maximum atomic E-state index is 14.8. The normalized spacial score (nSPS) is 24.6. The third kappa shape index (κ3) is 5.07. The molecule has 36 heavy (non-hydrogen) atoms. The zero-order chi connectivity index (χ0) is 25.4. The molecule has 4 N–H and O–H groups in total. The molecule has 0 bridgehead atoms. The molecule has 2 atom stereocenters. The van der Waals surface area contributed by atoms with Crippen LogP contribution in [-0.2, 0) is 9.53 Å². The predicted molar refractivity (Wildman–Crippen MR) is 137 cm³/mol. The lowest BCUT2D eigenvalue weighted by Gasteiger charge is -2.30. The van der Waals surface area contributed by atoms with Gasteiger partial charge in [-0.25, -0.2) is 14.4 Å². The molecule has 0 radical (unpaired) electrons. The van der Waals surface area contributed by atoms with Gasteiger partial charge in [0.1, 0.15) is 11.3 Å². The number of nitrogens with zero attached hydrogens (tertiary/aromatic N) is 4. The van der Waals surface area contributed by atoms with Gasteiger partial charge in [0.05, 0.1) is 23.5 Å². The van der Waals surface area contributed by atoms with E-state index in [9.17, 15) is 9.18 Å². The Hall–Kier alpha value is -2.69. The Balaban J connectivity index is 1.53. The molecule has 192 valence electrons. The zero-order valence-electron chi connectivity index (χ0n) is 19.8. The van der Waals surface area contributed by atoms with E-state index >= 15 is 0 Å².